The van der Waals surface area contributed by atoms with Gasteiger partial charge in [0.1, 0.15) is 22.4 Å². The van der Waals surface area contributed by atoms with E-state index in [2.05, 4.69) is 10.6 Å². The van der Waals surface area contributed by atoms with Crippen LogP contribution in [0.25, 0.3) is 11.1 Å². The predicted octanol–water partition coefficient (Wildman–Crippen LogP) is 1.14. The van der Waals surface area contributed by atoms with Gasteiger partial charge in [-0.1, -0.05) is 48.5 Å². The van der Waals surface area contributed by atoms with Crippen LogP contribution in [-0.4, -0.2) is 44.8 Å². The van der Waals surface area contributed by atoms with Crippen LogP contribution in [0.15, 0.2) is 54.6 Å². The van der Waals surface area contributed by atoms with Crippen LogP contribution in [0.2, 0.25) is 0 Å². The molecule has 27 heavy (non-hydrogen) atoms. The van der Waals surface area contributed by atoms with Crippen molar-refractivity contribution in [2.24, 2.45) is 0 Å². The van der Waals surface area contributed by atoms with Gasteiger partial charge in [-0.3, -0.25) is 9.59 Å². The normalized spacial score (nSPS) is 11.9. The number of benzene rings is 2. The molecule has 0 aliphatic carbocycles. The molecule has 0 aromatic heterocycles. The number of hydrogen-bond donors (Lipinski definition) is 2. The maximum absolute atomic E-state index is 12.8. The summed E-state index contributed by atoms with van der Waals surface area (Å²) in [5.74, 6) is -1.87. The molecule has 7 nitrogen and oxygen atoms in total. The predicted molar refractivity (Wildman–Crippen MR) is 101 cm³/mol. The van der Waals surface area contributed by atoms with Crippen molar-refractivity contribution >= 4 is 21.7 Å². The van der Waals surface area contributed by atoms with E-state index in [9.17, 15) is 18.0 Å². The monoisotopic (exact) mass is 385 g/mol. The Balaban J connectivity index is 2.30. The van der Waals surface area contributed by atoms with E-state index in [0.717, 1.165) is 11.8 Å². The van der Waals surface area contributed by atoms with Crippen molar-refractivity contribution < 1.29 is 18.0 Å². The van der Waals surface area contributed by atoms with Crippen LogP contribution in [-0.2, 0) is 14.6 Å². The van der Waals surface area contributed by atoms with E-state index in [4.69, 9.17) is 5.26 Å². The van der Waals surface area contributed by atoms with Crippen molar-refractivity contribution in [2.45, 2.75) is 6.04 Å². The quantitative estimate of drug-likeness (QED) is 0.693. The Morgan fingerprint density at radius 2 is 1.70 bits per heavy atom. The molecule has 2 N–H and O–H groups in total. The fourth-order valence-electron chi connectivity index (χ4n) is 2.52. The van der Waals surface area contributed by atoms with Gasteiger partial charge in [-0.25, -0.2) is 8.42 Å². The van der Waals surface area contributed by atoms with Gasteiger partial charge in [-0.2, -0.15) is 5.26 Å². The van der Waals surface area contributed by atoms with Crippen LogP contribution in [0.4, 0.5) is 0 Å². The van der Waals surface area contributed by atoms with Crippen molar-refractivity contribution in [1.82, 2.24) is 10.6 Å². The van der Waals surface area contributed by atoms with Gasteiger partial charge in [0.25, 0.3) is 5.91 Å². The van der Waals surface area contributed by atoms with Crippen molar-refractivity contribution in [3.05, 3.63) is 60.2 Å². The first-order valence-corrected chi connectivity index (χ1v) is 10.2. The number of rotatable bonds is 7. The Kier molecular flexibility index (Phi) is 6.68. The molecule has 0 saturated heterocycles. The Bertz CT molecular complexity index is 966. The summed E-state index contributed by atoms with van der Waals surface area (Å²) in [6.07, 6.45) is 0.974. The molecule has 0 heterocycles. The lowest BCUT2D eigenvalue weighted by Crippen LogP contribution is -2.50. The summed E-state index contributed by atoms with van der Waals surface area (Å²) in [5.41, 5.74) is 1.79. The highest BCUT2D eigenvalue weighted by atomic mass is 32.2. The maximum Gasteiger partial charge on any atom is 0.252 e. The van der Waals surface area contributed by atoms with Crippen LogP contribution in [0.1, 0.15) is 10.4 Å². The number of carbonyl (C=O) groups excluding carboxylic acids is 2. The smallest absolute Gasteiger partial charge is 0.252 e. The minimum Gasteiger partial charge on any atom is -0.341 e. The highest BCUT2D eigenvalue weighted by Crippen LogP contribution is 2.23. The third kappa shape index (κ3) is 5.94. The van der Waals surface area contributed by atoms with Gasteiger partial charge in [-0.05, 0) is 17.2 Å². The second-order valence-corrected chi connectivity index (χ2v) is 8.09. The molecule has 2 aromatic rings. The molecule has 2 aromatic carbocycles. The van der Waals surface area contributed by atoms with E-state index in [1.807, 2.05) is 30.3 Å². The van der Waals surface area contributed by atoms with Gasteiger partial charge < -0.3 is 10.6 Å². The highest BCUT2D eigenvalue weighted by molar-refractivity contribution is 7.90. The molecule has 1 unspecified atom stereocenters. The summed E-state index contributed by atoms with van der Waals surface area (Å²) < 4.78 is 23.3. The number of nitriles is 1. The third-order valence-electron chi connectivity index (χ3n) is 3.69. The lowest BCUT2D eigenvalue weighted by molar-refractivity contribution is -0.122. The lowest BCUT2D eigenvalue weighted by Gasteiger charge is -2.18. The zero-order valence-electron chi connectivity index (χ0n) is 14.7. The van der Waals surface area contributed by atoms with E-state index in [0.29, 0.717) is 11.1 Å². The molecule has 0 radical (unpaired) electrons. The summed E-state index contributed by atoms with van der Waals surface area (Å²) in [5, 5.41) is 13.3. The molecule has 2 amide bonds. The highest BCUT2D eigenvalue weighted by Gasteiger charge is 2.26. The fourth-order valence-corrected chi connectivity index (χ4v) is 3.36. The first-order chi connectivity index (χ1) is 12.8. The minimum absolute atomic E-state index is 0.282. The number of nitrogens with one attached hydrogen (secondary N) is 2. The number of hydrogen-bond acceptors (Lipinski definition) is 5. The Morgan fingerprint density at radius 3 is 2.33 bits per heavy atom. The summed E-state index contributed by atoms with van der Waals surface area (Å²) in [6.45, 7) is -0.282. The number of sulfone groups is 1. The SMILES string of the molecule is CS(=O)(=O)CC(NC(=O)c1ccccc1-c1ccccc1)C(=O)NCC#N. The Hall–Kier alpha value is -3.18. The van der Waals surface area contributed by atoms with Crippen LogP contribution >= 0.6 is 0 Å². The average Bonchev–Trinajstić information content (AvgIpc) is 2.65. The third-order valence-corrected chi connectivity index (χ3v) is 4.63. The molecule has 0 bridgehead atoms. The molecule has 0 fully saturated rings. The Labute approximate surface area is 157 Å². The summed E-state index contributed by atoms with van der Waals surface area (Å²) in [6, 6.07) is 16.5. The summed E-state index contributed by atoms with van der Waals surface area (Å²) in [4.78, 5) is 24.9. The van der Waals surface area contributed by atoms with Crippen molar-refractivity contribution in [1.29, 1.82) is 5.26 Å². The molecular formula is C19H19N3O4S. The van der Waals surface area contributed by atoms with Crippen LogP contribution in [0.3, 0.4) is 0 Å². The van der Waals surface area contributed by atoms with E-state index < -0.39 is 33.4 Å². The fraction of sp³-hybridized carbons (Fsp3) is 0.211. The van der Waals surface area contributed by atoms with Crippen molar-refractivity contribution in [3.8, 4) is 17.2 Å². The first kappa shape index (κ1) is 20.1. The molecular weight excluding hydrogens is 366 g/mol. The van der Waals surface area contributed by atoms with E-state index in [-0.39, 0.29) is 6.54 Å². The topological polar surface area (TPSA) is 116 Å². The Morgan fingerprint density at radius 1 is 1.07 bits per heavy atom. The molecule has 8 heteroatoms. The van der Waals surface area contributed by atoms with Crippen molar-refractivity contribution in [2.75, 3.05) is 18.6 Å². The van der Waals surface area contributed by atoms with Gasteiger partial charge in [0.05, 0.1) is 11.8 Å². The van der Waals surface area contributed by atoms with Gasteiger partial charge in [0.2, 0.25) is 5.91 Å². The minimum atomic E-state index is -3.54. The van der Waals surface area contributed by atoms with Gasteiger partial charge >= 0.3 is 0 Å². The van der Waals surface area contributed by atoms with Gasteiger partial charge in [0, 0.05) is 11.8 Å². The van der Waals surface area contributed by atoms with E-state index in [1.165, 1.54) is 0 Å². The summed E-state index contributed by atoms with van der Waals surface area (Å²) in [7, 11) is -3.54. The standard InChI is InChI=1S/C19H19N3O4S/c1-27(25,26)13-17(19(24)21-12-11-20)22-18(23)16-10-6-5-9-15(16)14-7-3-2-4-8-14/h2-10,17H,12-13H2,1H3,(H,21,24)(H,22,23). The number of amides is 2. The summed E-state index contributed by atoms with van der Waals surface area (Å²) >= 11 is 0. The number of nitrogens with zero attached hydrogens (tertiary/aromatic N) is 1. The van der Waals surface area contributed by atoms with Crippen LogP contribution in [0, 0.1) is 11.3 Å². The second-order valence-electron chi connectivity index (χ2n) is 5.91. The van der Waals surface area contributed by atoms with E-state index in [1.54, 1.807) is 30.3 Å². The largest absolute Gasteiger partial charge is 0.341 e. The zero-order chi connectivity index (χ0) is 19.9. The van der Waals surface area contributed by atoms with Crippen LogP contribution < -0.4 is 10.6 Å². The van der Waals surface area contributed by atoms with Gasteiger partial charge in [-0.15, -0.1) is 0 Å². The van der Waals surface area contributed by atoms with Gasteiger partial charge in [0.15, 0.2) is 0 Å². The average molecular weight is 385 g/mol. The second kappa shape index (κ2) is 8.96. The van der Waals surface area contributed by atoms with Crippen LogP contribution in [0.5, 0.6) is 0 Å². The molecule has 0 spiro atoms. The molecule has 140 valence electrons. The van der Waals surface area contributed by atoms with E-state index >= 15 is 0 Å². The zero-order valence-corrected chi connectivity index (χ0v) is 15.5. The molecule has 2 rings (SSSR count). The molecule has 0 aliphatic heterocycles. The number of carbonyl (C=O) groups is 2. The first-order valence-electron chi connectivity index (χ1n) is 8.09. The molecule has 1 atom stereocenters. The maximum atomic E-state index is 12.8. The molecule has 0 aliphatic rings. The van der Waals surface area contributed by atoms with Crippen molar-refractivity contribution in [3.63, 3.8) is 0 Å². The molecule has 0 saturated carbocycles. The lowest BCUT2D eigenvalue weighted by atomic mass is 9.99.